The van der Waals surface area contributed by atoms with Crippen molar-refractivity contribution < 1.29 is 4.18 Å². The molecule has 0 atom stereocenters. The van der Waals surface area contributed by atoms with Crippen molar-refractivity contribution in [3.63, 3.8) is 0 Å². The van der Waals surface area contributed by atoms with Crippen molar-refractivity contribution >= 4 is 17.8 Å². The molecule has 0 N–H and O–H groups in total. The molecular formula is C3H7BOS. The first-order chi connectivity index (χ1) is 2.91. The second kappa shape index (κ2) is 5.24. The SMILES string of the molecule is B#SOCCC. The van der Waals surface area contributed by atoms with E-state index >= 15 is 0 Å². The van der Waals surface area contributed by atoms with Gasteiger partial charge in [-0.15, -0.1) is 0 Å². The van der Waals surface area contributed by atoms with Crippen molar-refractivity contribution in [3.8, 4) is 0 Å². The Morgan fingerprint density at radius 1 is 1.83 bits per heavy atom. The Balaban J connectivity index is 2.54. The van der Waals surface area contributed by atoms with Crippen molar-refractivity contribution in [3.05, 3.63) is 0 Å². The van der Waals surface area contributed by atoms with Crippen LogP contribution < -0.4 is 0 Å². The van der Waals surface area contributed by atoms with Crippen molar-refractivity contribution in [2.24, 2.45) is 0 Å². The quantitative estimate of drug-likeness (QED) is 0.288. The molecule has 0 aromatic heterocycles. The van der Waals surface area contributed by atoms with Crippen LogP contribution >= 0.6 is 11.3 Å². The summed E-state index contributed by atoms with van der Waals surface area (Å²) >= 11 is 0.926. The van der Waals surface area contributed by atoms with Gasteiger partial charge in [-0.25, -0.2) is 0 Å². The van der Waals surface area contributed by atoms with Gasteiger partial charge in [0.2, 0.25) is 0 Å². The summed E-state index contributed by atoms with van der Waals surface area (Å²) in [7, 11) is 0. The summed E-state index contributed by atoms with van der Waals surface area (Å²) in [6.45, 7) is 7.70. The van der Waals surface area contributed by atoms with Gasteiger partial charge in [-0.05, 0) is 0 Å². The van der Waals surface area contributed by atoms with Crippen LogP contribution in [0.15, 0.2) is 0 Å². The molecule has 0 bridgehead atoms. The Bertz CT molecular complexity index is 58.3. The number of hydrogen-bond donors (Lipinski definition) is 0. The van der Waals surface area contributed by atoms with Crippen LogP contribution in [0.4, 0.5) is 0 Å². The Kier molecular flexibility index (Phi) is 5.46. The van der Waals surface area contributed by atoms with Crippen molar-refractivity contribution in [1.29, 1.82) is 0 Å². The fraction of sp³-hybridized carbons (Fsp3) is 1.00. The molecule has 0 aromatic rings. The van der Waals surface area contributed by atoms with E-state index in [1.54, 1.807) is 0 Å². The standard InChI is InChI=1S/C3H7BOS/c1-2-3-5-6-4/h2-3H2,1H3. The molecule has 6 heavy (non-hydrogen) atoms. The van der Waals surface area contributed by atoms with Crippen LogP contribution in [0.3, 0.4) is 0 Å². The van der Waals surface area contributed by atoms with Crippen LogP contribution in [0.5, 0.6) is 0 Å². The van der Waals surface area contributed by atoms with Crippen LogP contribution in [0.25, 0.3) is 0 Å². The Hall–Kier alpha value is 0.245. The van der Waals surface area contributed by atoms with Gasteiger partial charge in [-0.1, -0.05) is 0 Å². The molecule has 0 saturated heterocycles. The van der Waals surface area contributed by atoms with Gasteiger partial charge in [0.1, 0.15) is 0 Å². The van der Waals surface area contributed by atoms with Gasteiger partial charge < -0.3 is 0 Å². The van der Waals surface area contributed by atoms with Crippen LogP contribution in [0.2, 0.25) is 0 Å². The van der Waals surface area contributed by atoms with E-state index in [-0.39, 0.29) is 0 Å². The summed E-state index contributed by atoms with van der Waals surface area (Å²) in [5, 5.41) is 0. The average Bonchev–Trinajstić information content (AvgIpc) is 1.61. The molecule has 0 aliphatic rings. The van der Waals surface area contributed by atoms with Gasteiger partial charge >= 0.3 is 41.9 Å². The first-order valence-electron chi connectivity index (χ1n) is 1.90. The van der Waals surface area contributed by atoms with Gasteiger partial charge in [0.15, 0.2) is 0 Å². The Morgan fingerprint density at radius 3 is 2.67 bits per heavy atom. The predicted octanol–water partition coefficient (Wildman–Crippen LogP) is 1.14. The molecule has 0 aromatic carbocycles. The van der Waals surface area contributed by atoms with Gasteiger partial charge in [-0.2, -0.15) is 0 Å². The van der Waals surface area contributed by atoms with Gasteiger partial charge in [0, 0.05) is 0 Å². The Morgan fingerprint density at radius 2 is 2.50 bits per heavy atom. The van der Waals surface area contributed by atoms with E-state index in [1.165, 1.54) is 0 Å². The minimum atomic E-state index is 0.751. The third-order valence-corrected chi connectivity index (χ3v) is 0.658. The maximum atomic E-state index is 4.91. The summed E-state index contributed by atoms with van der Waals surface area (Å²) in [5.74, 6) is 0. The molecule has 0 amide bonds. The zero-order chi connectivity index (χ0) is 4.83. The normalized spacial score (nSPS) is 8.50. The van der Waals surface area contributed by atoms with Crippen molar-refractivity contribution in [2.75, 3.05) is 6.61 Å². The van der Waals surface area contributed by atoms with E-state index in [0.29, 0.717) is 0 Å². The van der Waals surface area contributed by atoms with Crippen molar-refractivity contribution in [2.45, 2.75) is 13.3 Å². The minimum absolute atomic E-state index is 0.751. The molecule has 0 aliphatic carbocycles. The molecule has 0 spiro atoms. The van der Waals surface area contributed by atoms with Crippen LogP contribution in [-0.2, 0) is 4.18 Å². The molecule has 0 saturated carbocycles. The molecule has 0 rings (SSSR count). The fourth-order valence-electron chi connectivity index (χ4n) is 0.131. The summed E-state index contributed by atoms with van der Waals surface area (Å²) in [5.41, 5.74) is 0. The molecular weight excluding hydrogens is 94.9 g/mol. The van der Waals surface area contributed by atoms with Crippen LogP contribution in [0, 0.1) is 0 Å². The number of hydrogen-bond acceptors (Lipinski definition) is 1. The van der Waals surface area contributed by atoms with E-state index in [9.17, 15) is 0 Å². The van der Waals surface area contributed by atoms with Crippen LogP contribution in [0.1, 0.15) is 13.3 Å². The fourth-order valence-corrected chi connectivity index (χ4v) is 0.394. The molecule has 0 fully saturated rings. The molecule has 0 radical (unpaired) electrons. The van der Waals surface area contributed by atoms with Crippen molar-refractivity contribution in [1.82, 2.24) is 0 Å². The third-order valence-electron chi connectivity index (χ3n) is 0.355. The van der Waals surface area contributed by atoms with Gasteiger partial charge in [-0.3, -0.25) is 0 Å². The Labute approximate surface area is 42.8 Å². The van der Waals surface area contributed by atoms with E-state index in [1.807, 2.05) is 6.92 Å². The molecule has 0 unspecified atom stereocenters. The third kappa shape index (κ3) is 4.24. The molecule has 34 valence electrons. The number of rotatable bonds is 2. The van der Waals surface area contributed by atoms with E-state index < -0.39 is 0 Å². The molecule has 0 aliphatic heterocycles. The van der Waals surface area contributed by atoms with Gasteiger partial charge in [0.25, 0.3) is 0 Å². The average molecular weight is 102 g/mol. The molecule has 1 nitrogen and oxygen atoms in total. The summed E-state index contributed by atoms with van der Waals surface area (Å²) in [6.07, 6.45) is 1.03. The summed E-state index contributed by atoms with van der Waals surface area (Å²) in [6, 6.07) is 0. The summed E-state index contributed by atoms with van der Waals surface area (Å²) < 4.78 is 4.68. The van der Waals surface area contributed by atoms with Crippen LogP contribution in [-0.4, -0.2) is 13.1 Å². The maximum absolute atomic E-state index is 4.91. The first-order valence-corrected chi connectivity index (χ1v) is 2.70. The van der Waals surface area contributed by atoms with E-state index in [4.69, 9.17) is 6.53 Å². The topological polar surface area (TPSA) is 9.23 Å². The van der Waals surface area contributed by atoms with E-state index in [2.05, 4.69) is 4.18 Å². The zero-order valence-corrected chi connectivity index (χ0v) is 4.62. The zero-order valence-electron chi connectivity index (χ0n) is 3.81. The predicted molar refractivity (Wildman–Crippen MR) is 29.6 cm³/mol. The van der Waals surface area contributed by atoms with Gasteiger partial charge in [0.05, 0.1) is 0 Å². The second-order valence-corrected chi connectivity index (χ2v) is 1.35. The second-order valence-electron chi connectivity index (χ2n) is 0.918. The summed E-state index contributed by atoms with van der Waals surface area (Å²) in [4.78, 5) is 0. The molecule has 3 heteroatoms. The van der Waals surface area contributed by atoms with E-state index in [0.717, 1.165) is 24.3 Å². The molecule has 0 heterocycles. The first kappa shape index (κ1) is 6.24. The monoisotopic (exact) mass is 102 g/mol.